The van der Waals surface area contributed by atoms with Crippen LogP contribution in [0.3, 0.4) is 0 Å². The van der Waals surface area contributed by atoms with Crippen LogP contribution in [0.15, 0.2) is 48.9 Å². The van der Waals surface area contributed by atoms with Gasteiger partial charge in [-0.2, -0.15) is 13.2 Å². The maximum Gasteiger partial charge on any atom is 0.416 e. The molecule has 2 N–H and O–H groups in total. The van der Waals surface area contributed by atoms with Crippen LogP contribution in [0.1, 0.15) is 39.5 Å². The van der Waals surface area contributed by atoms with E-state index in [1.165, 1.54) is 6.07 Å². The van der Waals surface area contributed by atoms with Crippen molar-refractivity contribution in [3.8, 4) is 0 Å². The number of nitrogens with two attached hydrogens (primary N) is 1. The molecule has 10 heteroatoms. The molecule has 3 heterocycles. The Morgan fingerprint density at radius 2 is 2.03 bits per heavy atom. The number of nitrogens with zero attached hydrogens (tertiary/aromatic N) is 4. The van der Waals surface area contributed by atoms with Crippen molar-refractivity contribution in [2.45, 2.75) is 25.2 Å². The molecule has 0 saturated heterocycles. The number of halogens is 3. The van der Waals surface area contributed by atoms with Crippen LogP contribution in [0, 0.1) is 0 Å². The van der Waals surface area contributed by atoms with Crippen LogP contribution in [-0.4, -0.2) is 38.8 Å². The van der Waals surface area contributed by atoms with Crippen molar-refractivity contribution in [1.29, 1.82) is 0 Å². The molecule has 0 spiro atoms. The predicted octanol–water partition coefficient (Wildman–Crippen LogP) is 4.22. The minimum atomic E-state index is -4.44. The number of nitrogen functional groups attached to an aromatic ring is 1. The molecular formula is C23H20F3N5O2. The topological polar surface area (TPSA) is 85.8 Å². The van der Waals surface area contributed by atoms with Gasteiger partial charge in [0.15, 0.2) is 0 Å². The Kier molecular flexibility index (Phi) is 4.97. The lowest BCUT2D eigenvalue weighted by atomic mass is 9.95. The van der Waals surface area contributed by atoms with Crippen molar-refractivity contribution < 1.29 is 22.7 Å². The number of amides is 1. The van der Waals surface area contributed by atoms with E-state index in [0.29, 0.717) is 52.1 Å². The summed E-state index contributed by atoms with van der Waals surface area (Å²) < 4.78 is 46.8. The summed E-state index contributed by atoms with van der Waals surface area (Å²) in [7, 11) is 1.65. The molecule has 1 atom stereocenters. The summed E-state index contributed by atoms with van der Waals surface area (Å²) in [6.45, 7) is 0.397. The molecule has 1 amide bonds. The minimum Gasteiger partial charge on any atom is -0.382 e. The first-order chi connectivity index (χ1) is 15.7. The lowest BCUT2D eigenvalue weighted by Crippen LogP contribution is -2.32. The molecule has 0 aliphatic carbocycles. The van der Waals surface area contributed by atoms with Gasteiger partial charge in [-0.3, -0.25) is 9.20 Å². The highest BCUT2D eigenvalue weighted by Crippen LogP contribution is 2.36. The Hall–Kier alpha value is -3.66. The zero-order valence-corrected chi connectivity index (χ0v) is 17.6. The molecule has 2 aromatic heterocycles. The van der Waals surface area contributed by atoms with Crippen molar-refractivity contribution in [3.05, 3.63) is 71.2 Å². The number of imidazole rings is 1. The predicted molar refractivity (Wildman–Crippen MR) is 115 cm³/mol. The van der Waals surface area contributed by atoms with Gasteiger partial charge in [0.05, 0.1) is 41.8 Å². The standard InChI is InChI=1S/C23H20F3N5O2/c1-30(18-6-7-33-11-14-8-15(23(24,25)26)3-4-16(14)18)22(32)13-2-5-17-19(9-13)31-12-28-10-20(31)21(27)29-17/h2-5,8-10,12,18H,6-7,11H2,1H3,(H2,27,29). The molecule has 33 heavy (non-hydrogen) atoms. The number of carbonyl (C=O) groups is 1. The van der Waals surface area contributed by atoms with Gasteiger partial charge < -0.3 is 15.4 Å². The normalized spacial score (nSPS) is 16.5. The summed E-state index contributed by atoms with van der Waals surface area (Å²) >= 11 is 0. The lowest BCUT2D eigenvalue weighted by Gasteiger charge is -2.29. The van der Waals surface area contributed by atoms with Crippen molar-refractivity contribution >= 4 is 28.3 Å². The second kappa shape index (κ2) is 7.73. The van der Waals surface area contributed by atoms with Crippen LogP contribution in [0.2, 0.25) is 0 Å². The molecule has 4 aromatic rings. The van der Waals surface area contributed by atoms with Gasteiger partial charge in [-0.15, -0.1) is 0 Å². The number of aromatic nitrogens is 3. The van der Waals surface area contributed by atoms with Gasteiger partial charge in [0.25, 0.3) is 5.91 Å². The molecule has 0 bridgehead atoms. The first kappa shape index (κ1) is 21.2. The largest absolute Gasteiger partial charge is 0.416 e. The molecule has 0 fully saturated rings. The van der Waals surface area contributed by atoms with Crippen LogP contribution in [0.25, 0.3) is 16.6 Å². The molecule has 2 aromatic carbocycles. The molecule has 1 aliphatic heterocycles. The van der Waals surface area contributed by atoms with Gasteiger partial charge in [0.1, 0.15) is 11.3 Å². The highest BCUT2D eigenvalue weighted by molar-refractivity contribution is 5.98. The van der Waals surface area contributed by atoms with Crippen LogP contribution in [0.5, 0.6) is 0 Å². The third-order valence-corrected chi connectivity index (χ3v) is 6.03. The SMILES string of the molecule is CN(C(=O)c1ccc2nc(N)c3cncn3c2c1)C1CCOCc2cc(C(F)(F)F)ccc21. The Morgan fingerprint density at radius 1 is 1.21 bits per heavy atom. The van der Waals surface area contributed by atoms with Crippen LogP contribution in [-0.2, 0) is 17.5 Å². The molecular weight excluding hydrogens is 435 g/mol. The summed E-state index contributed by atoms with van der Waals surface area (Å²) in [5.74, 6) is 0.0734. The number of ether oxygens (including phenoxy) is 1. The number of hydrogen-bond acceptors (Lipinski definition) is 5. The van der Waals surface area contributed by atoms with E-state index < -0.39 is 17.8 Å². The van der Waals surface area contributed by atoms with Gasteiger partial charge >= 0.3 is 6.18 Å². The van der Waals surface area contributed by atoms with Crippen LogP contribution in [0.4, 0.5) is 19.0 Å². The summed E-state index contributed by atoms with van der Waals surface area (Å²) in [4.78, 5) is 23.4. The van der Waals surface area contributed by atoms with Gasteiger partial charge in [-0.25, -0.2) is 9.97 Å². The Balaban J connectivity index is 1.52. The molecule has 170 valence electrons. The van der Waals surface area contributed by atoms with Crippen LogP contribution >= 0.6 is 0 Å². The molecule has 1 aliphatic rings. The summed E-state index contributed by atoms with van der Waals surface area (Å²) in [5, 5.41) is 0. The number of anilines is 1. The third kappa shape index (κ3) is 3.66. The highest BCUT2D eigenvalue weighted by atomic mass is 19.4. The number of benzene rings is 2. The van der Waals surface area contributed by atoms with Gasteiger partial charge in [-0.05, 0) is 47.9 Å². The van der Waals surface area contributed by atoms with Crippen molar-refractivity contribution in [2.24, 2.45) is 0 Å². The Bertz CT molecular complexity index is 1380. The van der Waals surface area contributed by atoms with E-state index in [9.17, 15) is 18.0 Å². The minimum absolute atomic E-state index is 0.0689. The van der Waals surface area contributed by atoms with E-state index in [1.54, 1.807) is 47.1 Å². The number of alkyl halides is 3. The van der Waals surface area contributed by atoms with E-state index in [0.717, 1.165) is 12.1 Å². The van der Waals surface area contributed by atoms with Crippen molar-refractivity contribution in [1.82, 2.24) is 19.3 Å². The average Bonchev–Trinajstić information content (AvgIpc) is 3.19. The van der Waals surface area contributed by atoms with E-state index in [1.807, 2.05) is 0 Å². The van der Waals surface area contributed by atoms with E-state index in [2.05, 4.69) is 9.97 Å². The number of carbonyl (C=O) groups excluding carboxylic acids is 1. The van der Waals surface area contributed by atoms with Crippen molar-refractivity contribution in [2.75, 3.05) is 19.4 Å². The molecule has 0 radical (unpaired) electrons. The Labute approximate surface area is 186 Å². The fraction of sp³-hybridized carbons (Fsp3) is 0.261. The highest BCUT2D eigenvalue weighted by Gasteiger charge is 2.33. The zero-order valence-electron chi connectivity index (χ0n) is 17.6. The number of fused-ring (bicyclic) bond motifs is 4. The van der Waals surface area contributed by atoms with Gasteiger partial charge in [0, 0.05) is 19.2 Å². The van der Waals surface area contributed by atoms with E-state index in [4.69, 9.17) is 10.5 Å². The Morgan fingerprint density at radius 3 is 2.82 bits per heavy atom. The summed E-state index contributed by atoms with van der Waals surface area (Å²) in [6.07, 6.45) is -0.775. The molecule has 0 saturated carbocycles. The lowest BCUT2D eigenvalue weighted by molar-refractivity contribution is -0.137. The first-order valence-electron chi connectivity index (χ1n) is 10.3. The molecule has 5 rings (SSSR count). The zero-order chi connectivity index (χ0) is 23.3. The smallest absolute Gasteiger partial charge is 0.382 e. The summed E-state index contributed by atoms with van der Waals surface area (Å²) in [5.41, 5.74) is 8.69. The quantitative estimate of drug-likeness (QED) is 0.489. The average molecular weight is 455 g/mol. The fourth-order valence-electron chi connectivity index (χ4n) is 4.32. The maximum absolute atomic E-state index is 13.4. The number of rotatable bonds is 2. The fourth-order valence-corrected chi connectivity index (χ4v) is 4.32. The summed E-state index contributed by atoms with van der Waals surface area (Å²) in [6, 6.07) is 8.28. The second-order valence-corrected chi connectivity index (χ2v) is 8.03. The maximum atomic E-state index is 13.4. The van der Waals surface area contributed by atoms with E-state index >= 15 is 0 Å². The monoisotopic (exact) mass is 455 g/mol. The second-order valence-electron chi connectivity index (χ2n) is 8.03. The third-order valence-electron chi connectivity index (χ3n) is 6.03. The van der Waals surface area contributed by atoms with E-state index in [-0.39, 0.29) is 12.5 Å². The molecule has 7 nitrogen and oxygen atoms in total. The van der Waals surface area contributed by atoms with Crippen LogP contribution < -0.4 is 5.73 Å². The van der Waals surface area contributed by atoms with Gasteiger partial charge in [-0.1, -0.05) is 6.07 Å². The molecule has 1 unspecified atom stereocenters. The van der Waals surface area contributed by atoms with Gasteiger partial charge in [0.2, 0.25) is 0 Å². The number of hydrogen-bond donors (Lipinski definition) is 1. The van der Waals surface area contributed by atoms with Crippen molar-refractivity contribution in [3.63, 3.8) is 0 Å². The first-order valence-corrected chi connectivity index (χ1v) is 10.3.